The first-order valence-electron chi connectivity index (χ1n) is 7.84. The summed E-state index contributed by atoms with van der Waals surface area (Å²) in [5.41, 5.74) is 2.33. The van der Waals surface area contributed by atoms with E-state index in [4.69, 9.17) is 21.1 Å². The van der Waals surface area contributed by atoms with Crippen LogP contribution in [0.4, 0.5) is 0 Å². The Morgan fingerprint density at radius 2 is 1.88 bits per heavy atom. The zero-order chi connectivity index (χ0) is 16.9. The van der Waals surface area contributed by atoms with E-state index in [-0.39, 0.29) is 0 Å². The molecular weight excluding hydrogens is 326 g/mol. The number of H-pyrrole nitrogens is 1. The summed E-state index contributed by atoms with van der Waals surface area (Å²) in [5.74, 6) is 0.133. The van der Waals surface area contributed by atoms with Crippen molar-refractivity contribution in [1.82, 2.24) is 4.98 Å². The van der Waals surface area contributed by atoms with E-state index in [9.17, 15) is 4.79 Å². The summed E-state index contributed by atoms with van der Waals surface area (Å²) >= 11 is 5.89. The second-order valence-electron chi connectivity index (χ2n) is 5.32. The Morgan fingerprint density at radius 3 is 2.62 bits per heavy atom. The summed E-state index contributed by atoms with van der Waals surface area (Å²) in [6.07, 6.45) is 0.721. The lowest BCUT2D eigenvalue weighted by atomic mass is 10.2. The van der Waals surface area contributed by atoms with E-state index in [0.717, 1.165) is 22.9 Å². The van der Waals surface area contributed by atoms with Gasteiger partial charge in [0.25, 0.3) is 0 Å². The molecular formula is C19H18ClNO3. The quantitative estimate of drug-likeness (QED) is 0.664. The predicted molar refractivity (Wildman–Crippen MR) is 94.9 cm³/mol. The molecule has 5 heteroatoms. The number of aromatic nitrogens is 1. The minimum atomic E-state index is -0.407. The summed E-state index contributed by atoms with van der Waals surface area (Å²) in [5, 5.41) is 1.58. The Bertz CT molecular complexity index is 839. The van der Waals surface area contributed by atoms with Gasteiger partial charge >= 0.3 is 5.97 Å². The number of rotatable bonds is 6. The summed E-state index contributed by atoms with van der Waals surface area (Å²) in [7, 11) is 0. The highest BCUT2D eigenvalue weighted by atomic mass is 35.5. The van der Waals surface area contributed by atoms with Gasteiger partial charge in [0, 0.05) is 22.3 Å². The van der Waals surface area contributed by atoms with Crippen LogP contribution < -0.4 is 4.74 Å². The molecule has 0 atom stereocenters. The largest absolute Gasteiger partial charge is 0.490 e. The van der Waals surface area contributed by atoms with Crippen LogP contribution in [0.25, 0.3) is 10.9 Å². The van der Waals surface area contributed by atoms with Crippen LogP contribution in [0, 0.1) is 0 Å². The number of halogens is 1. The molecule has 24 heavy (non-hydrogen) atoms. The minimum Gasteiger partial charge on any atom is -0.490 e. The second kappa shape index (κ2) is 7.41. The third-order valence-electron chi connectivity index (χ3n) is 3.69. The van der Waals surface area contributed by atoms with Gasteiger partial charge in [0.05, 0.1) is 13.2 Å². The van der Waals surface area contributed by atoms with E-state index in [1.807, 2.05) is 48.5 Å². The lowest BCUT2D eigenvalue weighted by molar-refractivity contribution is 0.0516. The fourth-order valence-corrected chi connectivity index (χ4v) is 2.66. The van der Waals surface area contributed by atoms with Crippen LogP contribution in [0.2, 0.25) is 5.02 Å². The number of esters is 1. The fraction of sp³-hybridized carbons (Fsp3) is 0.211. The molecule has 1 aromatic heterocycles. The topological polar surface area (TPSA) is 51.3 Å². The molecule has 2 aromatic carbocycles. The van der Waals surface area contributed by atoms with E-state index in [1.54, 1.807) is 6.92 Å². The first-order valence-corrected chi connectivity index (χ1v) is 8.22. The molecule has 124 valence electrons. The number of carbonyl (C=O) groups excluding carboxylic acids is 1. The highest BCUT2D eigenvalue weighted by Gasteiger charge is 2.20. The molecule has 0 aliphatic rings. The smallest absolute Gasteiger partial charge is 0.358 e. The van der Waals surface area contributed by atoms with Gasteiger partial charge in [-0.25, -0.2) is 4.79 Å². The molecule has 0 aliphatic carbocycles. The monoisotopic (exact) mass is 343 g/mol. The molecule has 0 bridgehead atoms. The molecule has 0 radical (unpaired) electrons. The molecule has 4 nitrogen and oxygen atoms in total. The van der Waals surface area contributed by atoms with Crippen LogP contribution in [-0.2, 0) is 11.2 Å². The number of hydrogen-bond donors (Lipinski definition) is 1. The molecule has 3 aromatic rings. The summed E-state index contributed by atoms with van der Waals surface area (Å²) in [6.45, 7) is 2.55. The van der Waals surface area contributed by atoms with Gasteiger partial charge in [0.1, 0.15) is 0 Å². The van der Waals surface area contributed by atoms with Gasteiger partial charge < -0.3 is 14.5 Å². The zero-order valence-corrected chi connectivity index (χ0v) is 14.1. The predicted octanol–water partition coefficient (Wildman–Crippen LogP) is 4.62. The highest BCUT2D eigenvalue weighted by Crippen LogP contribution is 2.30. The van der Waals surface area contributed by atoms with Gasteiger partial charge in [-0.05, 0) is 36.8 Å². The maximum Gasteiger partial charge on any atom is 0.358 e. The molecule has 0 spiro atoms. The Labute approximate surface area is 145 Å². The average Bonchev–Trinajstić information content (AvgIpc) is 2.96. The van der Waals surface area contributed by atoms with Crippen LogP contribution in [-0.4, -0.2) is 24.2 Å². The fourth-order valence-electron chi connectivity index (χ4n) is 2.54. The van der Waals surface area contributed by atoms with E-state index in [1.165, 1.54) is 0 Å². The van der Waals surface area contributed by atoms with Crippen molar-refractivity contribution in [3.05, 3.63) is 64.8 Å². The van der Waals surface area contributed by atoms with Crippen molar-refractivity contribution in [2.24, 2.45) is 0 Å². The summed E-state index contributed by atoms with van der Waals surface area (Å²) < 4.78 is 11.0. The van der Waals surface area contributed by atoms with Crippen molar-refractivity contribution in [2.45, 2.75) is 13.3 Å². The molecule has 1 heterocycles. The van der Waals surface area contributed by atoms with Crippen LogP contribution in [0.3, 0.4) is 0 Å². The van der Waals surface area contributed by atoms with E-state index in [2.05, 4.69) is 4.98 Å². The van der Waals surface area contributed by atoms with Gasteiger partial charge in [0.15, 0.2) is 11.4 Å². The third-order valence-corrected chi connectivity index (χ3v) is 3.94. The SMILES string of the molecule is CCOC(=O)c1[nH]c2ccccc2c1OCCc1ccc(Cl)cc1. The molecule has 0 amide bonds. The van der Waals surface area contributed by atoms with Crippen LogP contribution >= 0.6 is 11.6 Å². The number of fused-ring (bicyclic) bond motifs is 1. The standard InChI is InChI=1S/C19H18ClNO3/c1-2-23-19(22)17-18(15-5-3-4-6-16(15)21-17)24-12-11-13-7-9-14(20)10-8-13/h3-10,21H,2,11-12H2,1H3. The number of carbonyl (C=O) groups is 1. The normalized spacial score (nSPS) is 10.8. The molecule has 3 rings (SSSR count). The van der Waals surface area contributed by atoms with Gasteiger partial charge in [-0.1, -0.05) is 35.9 Å². The molecule has 1 N–H and O–H groups in total. The number of para-hydroxylation sites is 1. The van der Waals surface area contributed by atoms with Gasteiger partial charge in [-0.2, -0.15) is 0 Å². The summed E-state index contributed by atoms with van der Waals surface area (Å²) in [6, 6.07) is 15.3. The van der Waals surface area contributed by atoms with Crippen molar-refractivity contribution < 1.29 is 14.3 Å². The van der Waals surface area contributed by atoms with Crippen molar-refractivity contribution >= 4 is 28.5 Å². The molecule has 0 saturated carbocycles. The van der Waals surface area contributed by atoms with Gasteiger partial charge in [-0.3, -0.25) is 0 Å². The van der Waals surface area contributed by atoms with Crippen molar-refractivity contribution in [3.63, 3.8) is 0 Å². The molecule has 0 unspecified atom stereocenters. The Balaban J connectivity index is 1.80. The number of nitrogens with one attached hydrogen (secondary N) is 1. The van der Waals surface area contributed by atoms with E-state index >= 15 is 0 Å². The number of ether oxygens (including phenoxy) is 2. The van der Waals surface area contributed by atoms with Crippen molar-refractivity contribution in [2.75, 3.05) is 13.2 Å². The van der Waals surface area contributed by atoms with Crippen molar-refractivity contribution in [1.29, 1.82) is 0 Å². The Morgan fingerprint density at radius 1 is 1.12 bits per heavy atom. The Hall–Kier alpha value is -2.46. The Kier molecular flexibility index (Phi) is 5.06. The zero-order valence-electron chi connectivity index (χ0n) is 13.3. The minimum absolute atomic E-state index is 0.318. The number of benzene rings is 2. The second-order valence-corrected chi connectivity index (χ2v) is 5.76. The summed E-state index contributed by atoms with van der Waals surface area (Å²) in [4.78, 5) is 15.2. The first kappa shape index (κ1) is 16.4. The third kappa shape index (κ3) is 3.54. The first-order chi connectivity index (χ1) is 11.7. The lowest BCUT2D eigenvalue weighted by Gasteiger charge is -2.08. The van der Waals surface area contributed by atoms with Crippen LogP contribution in [0.5, 0.6) is 5.75 Å². The highest BCUT2D eigenvalue weighted by molar-refractivity contribution is 6.30. The van der Waals surface area contributed by atoms with Gasteiger partial charge in [-0.15, -0.1) is 0 Å². The average molecular weight is 344 g/mol. The lowest BCUT2D eigenvalue weighted by Crippen LogP contribution is -2.09. The maximum atomic E-state index is 12.2. The van der Waals surface area contributed by atoms with E-state index in [0.29, 0.717) is 29.7 Å². The molecule has 0 aliphatic heterocycles. The van der Waals surface area contributed by atoms with Crippen molar-refractivity contribution in [3.8, 4) is 5.75 Å². The molecule has 0 saturated heterocycles. The van der Waals surface area contributed by atoms with E-state index < -0.39 is 5.97 Å². The number of hydrogen-bond acceptors (Lipinski definition) is 3. The maximum absolute atomic E-state index is 12.2. The van der Waals surface area contributed by atoms with Crippen LogP contribution in [0.1, 0.15) is 23.0 Å². The van der Waals surface area contributed by atoms with Crippen LogP contribution in [0.15, 0.2) is 48.5 Å². The number of aromatic amines is 1. The molecule has 0 fully saturated rings. The van der Waals surface area contributed by atoms with Gasteiger partial charge in [0.2, 0.25) is 0 Å².